The molecule has 0 bridgehead atoms. The summed E-state index contributed by atoms with van der Waals surface area (Å²) in [5.41, 5.74) is -5.80. The normalized spacial score (nSPS) is 10.9. The highest BCUT2D eigenvalue weighted by Crippen LogP contribution is 2.38. The number of hydrogen-bond donors (Lipinski definition) is 0. The molecule has 96 valence electrons. The number of esters is 1. The second-order valence-corrected chi connectivity index (χ2v) is 4.12. The Hall–Kier alpha value is -1.75. The van der Waals surface area contributed by atoms with Crippen molar-refractivity contribution in [2.75, 3.05) is 7.11 Å². The first-order valence-electron chi connectivity index (χ1n) is 4.36. The molecule has 0 heterocycles. The van der Waals surface area contributed by atoms with Crippen molar-refractivity contribution < 1.29 is 27.1 Å². The second kappa shape index (κ2) is 5.27. The topological polar surface area (TPSA) is 50.1 Å². The molecule has 1 aromatic rings. The lowest BCUT2D eigenvalue weighted by atomic mass is 10.1. The molecular formula is C10H5F4NO2S. The molecule has 8 heteroatoms. The molecule has 0 atom stereocenters. The molecule has 0 fully saturated rings. The Kier molecular flexibility index (Phi) is 4.19. The van der Waals surface area contributed by atoms with E-state index in [1.807, 2.05) is 0 Å². The van der Waals surface area contributed by atoms with Crippen LogP contribution in [-0.2, 0) is 4.74 Å². The van der Waals surface area contributed by atoms with E-state index in [1.165, 1.54) is 6.07 Å². The molecule has 0 radical (unpaired) electrons. The summed E-state index contributed by atoms with van der Waals surface area (Å²) >= 11 is -0.581. The van der Waals surface area contributed by atoms with Gasteiger partial charge in [0, 0.05) is 4.90 Å². The summed E-state index contributed by atoms with van der Waals surface area (Å²) in [7, 11) is 0.977. The van der Waals surface area contributed by atoms with Crippen LogP contribution >= 0.6 is 11.8 Å². The van der Waals surface area contributed by atoms with Gasteiger partial charge in [0.05, 0.1) is 12.7 Å². The predicted octanol–water partition coefficient (Wildman–Crippen LogP) is 3.10. The van der Waals surface area contributed by atoms with Crippen molar-refractivity contribution in [3.8, 4) is 6.07 Å². The number of carbonyl (C=O) groups excluding carboxylic acids is 1. The Bertz CT molecular complexity index is 522. The second-order valence-electron chi connectivity index (χ2n) is 2.98. The number of carbonyl (C=O) groups is 1. The minimum Gasteiger partial charge on any atom is -0.465 e. The number of nitrogens with zero attached hydrogens (tertiary/aromatic N) is 1. The Balaban J connectivity index is 3.32. The van der Waals surface area contributed by atoms with Crippen LogP contribution in [0.15, 0.2) is 17.0 Å². The minimum atomic E-state index is -4.62. The van der Waals surface area contributed by atoms with Crippen LogP contribution in [-0.4, -0.2) is 18.6 Å². The number of halogens is 4. The van der Waals surface area contributed by atoms with E-state index in [2.05, 4.69) is 4.74 Å². The molecule has 0 unspecified atom stereocenters. The third-order valence-electron chi connectivity index (χ3n) is 1.81. The molecule has 3 nitrogen and oxygen atoms in total. The van der Waals surface area contributed by atoms with Crippen molar-refractivity contribution in [2.45, 2.75) is 10.4 Å². The zero-order valence-electron chi connectivity index (χ0n) is 8.84. The van der Waals surface area contributed by atoms with Gasteiger partial charge >= 0.3 is 11.5 Å². The van der Waals surface area contributed by atoms with Gasteiger partial charge in [-0.25, -0.2) is 9.18 Å². The zero-order chi connectivity index (χ0) is 13.9. The van der Waals surface area contributed by atoms with Crippen molar-refractivity contribution in [3.05, 3.63) is 29.1 Å². The van der Waals surface area contributed by atoms with Gasteiger partial charge in [-0.05, 0) is 23.9 Å². The Morgan fingerprint density at radius 2 is 2.06 bits per heavy atom. The molecular weight excluding hydrogens is 274 g/mol. The van der Waals surface area contributed by atoms with Gasteiger partial charge in [-0.1, -0.05) is 0 Å². The number of methoxy groups -OCH3 is 1. The third-order valence-corrected chi connectivity index (χ3v) is 2.52. The Morgan fingerprint density at radius 1 is 1.44 bits per heavy atom. The monoisotopic (exact) mass is 279 g/mol. The first-order chi connectivity index (χ1) is 8.28. The molecule has 1 rings (SSSR count). The summed E-state index contributed by atoms with van der Waals surface area (Å²) in [6.07, 6.45) is 0. The summed E-state index contributed by atoms with van der Waals surface area (Å²) in [4.78, 5) is 10.7. The van der Waals surface area contributed by atoms with Crippen LogP contribution in [0.4, 0.5) is 17.6 Å². The number of alkyl halides is 3. The van der Waals surface area contributed by atoms with Crippen molar-refractivity contribution in [1.29, 1.82) is 5.26 Å². The maximum atomic E-state index is 13.4. The minimum absolute atomic E-state index is 0.528. The third kappa shape index (κ3) is 3.37. The molecule has 0 aliphatic carbocycles. The quantitative estimate of drug-likeness (QED) is 0.474. The fraction of sp³-hybridized carbons (Fsp3) is 0.200. The fourth-order valence-electron chi connectivity index (χ4n) is 1.16. The molecule has 0 spiro atoms. The van der Waals surface area contributed by atoms with Crippen LogP contribution < -0.4 is 0 Å². The maximum Gasteiger partial charge on any atom is 0.446 e. The fourth-order valence-corrected chi connectivity index (χ4v) is 1.77. The van der Waals surface area contributed by atoms with Gasteiger partial charge in [0.1, 0.15) is 17.4 Å². The molecule has 0 amide bonds. The average Bonchev–Trinajstić information content (AvgIpc) is 2.25. The number of benzene rings is 1. The van der Waals surface area contributed by atoms with Gasteiger partial charge in [-0.3, -0.25) is 0 Å². The van der Waals surface area contributed by atoms with E-state index in [4.69, 9.17) is 5.26 Å². The van der Waals surface area contributed by atoms with Crippen LogP contribution in [0.1, 0.15) is 15.9 Å². The van der Waals surface area contributed by atoms with Crippen LogP contribution in [0, 0.1) is 17.1 Å². The van der Waals surface area contributed by atoms with E-state index < -0.39 is 45.1 Å². The number of ether oxygens (including phenoxy) is 1. The summed E-state index contributed by atoms with van der Waals surface area (Å²) < 4.78 is 54.0. The molecule has 0 aliphatic rings. The van der Waals surface area contributed by atoms with Crippen LogP contribution in [0.25, 0.3) is 0 Å². The van der Waals surface area contributed by atoms with Crippen LogP contribution in [0.2, 0.25) is 0 Å². The Labute approximate surface area is 103 Å². The predicted molar refractivity (Wildman–Crippen MR) is 54.4 cm³/mol. The number of hydrogen-bond acceptors (Lipinski definition) is 4. The highest BCUT2D eigenvalue weighted by atomic mass is 32.2. The maximum absolute atomic E-state index is 13.4. The van der Waals surface area contributed by atoms with Crippen molar-refractivity contribution in [3.63, 3.8) is 0 Å². The first kappa shape index (κ1) is 14.3. The van der Waals surface area contributed by atoms with Gasteiger partial charge in [0.25, 0.3) is 0 Å². The molecule has 0 N–H and O–H groups in total. The molecule has 0 saturated heterocycles. The van der Waals surface area contributed by atoms with Gasteiger partial charge < -0.3 is 4.74 Å². The zero-order valence-corrected chi connectivity index (χ0v) is 9.66. The standard InChI is InChI=1S/C10H5F4NO2S/c1-17-9(16)6-2-5(18-10(12,13)14)3-8(11)7(6)4-15/h2-3H,1H3. The molecule has 0 saturated carbocycles. The number of rotatable bonds is 2. The van der Waals surface area contributed by atoms with E-state index in [0.717, 1.165) is 13.2 Å². The SMILES string of the molecule is COC(=O)c1cc(SC(F)(F)F)cc(F)c1C#N. The van der Waals surface area contributed by atoms with E-state index >= 15 is 0 Å². The lowest BCUT2D eigenvalue weighted by molar-refractivity contribution is -0.0328. The molecule has 0 aromatic heterocycles. The van der Waals surface area contributed by atoms with Crippen molar-refractivity contribution in [2.24, 2.45) is 0 Å². The van der Waals surface area contributed by atoms with Crippen LogP contribution in [0.3, 0.4) is 0 Å². The van der Waals surface area contributed by atoms with Crippen molar-refractivity contribution in [1.82, 2.24) is 0 Å². The van der Waals surface area contributed by atoms with E-state index in [1.54, 1.807) is 0 Å². The van der Waals surface area contributed by atoms with Crippen LogP contribution in [0.5, 0.6) is 0 Å². The van der Waals surface area contributed by atoms with Gasteiger partial charge in [-0.15, -0.1) is 0 Å². The number of nitriles is 1. The molecule has 1 aromatic carbocycles. The van der Waals surface area contributed by atoms with Crippen molar-refractivity contribution >= 4 is 17.7 Å². The smallest absolute Gasteiger partial charge is 0.446 e. The van der Waals surface area contributed by atoms with Gasteiger partial charge in [0.15, 0.2) is 0 Å². The lowest BCUT2D eigenvalue weighted by Gasteiger charge is -2.08. The average molecular weight is 279 g/mol. The first-order valence-corrected chi connectivity index (χ1v) is 5.18. The van der Waals surface area contributed by atoms with E-state index in [-0.39, 0.29) is 0 Å². The number of thioether (sulfide) groups is 1. The lowest BCUT2D eigenvalue weighted by Crippen LogP contribution is -2.07. The van der Waals surface area contributed by atoms with E-state index in [9.17, 15) is 22.4 Å². The van der Waals surface area contributed by atoms with Gasteiger partial charge in [0.2, 0.25) is 0 Å². The van der Waals surface area contributed by atoms with Gasteiger partial charge in [-0.2, -0.15) is 18.4 Å². The summed E-state index contributed by atoms with van der Waals surface area (Å²) in [6, 6.07) is 2.72. The largest absolute Gasteiger partial charge is 0.465 e. The highest BCUT2D eigenvalue weighted by Gasteiger charge is 2.30. The molecule has 0 aliphatic heterocycles. The highest BCUT2D eigenvalue weighted by molar-refractivity contribution is 8.00. The summed E-state index contributed by atoms with van der Waals surface area (Å²) in [5.74, 6) is -2.28. The summed E-state index contributed by atoms with van der Waals surface area (Å²) in [5, 5.41) is 8.64. The molecule has 18 heavy (non-hydrogen) atoms. The Morgan fingerprint density at radius 3 is 2.50 bits per heavy atom. The van der Waals surface area contributed by atoms with E-state index in [0.29, 0.717) is 6.07 Å². The summed E-state index contributed by atoms with van der Waals surface area (Å²) in [6.45, 7) is 0.